The van der Waals surface area contributed by atoms with Crippen molar-refractivity contribution in [3.8, 4) is 0 Å². The number of carbonyl (C=O) groups is 1. The first-order valence-electron chi connectivity index (χ1n) is 4.29. The second-order valence-electron chi connectivity index (χ2n) is 2.64. The number of primary amides is 1. The number of hydrogen-bond acceptors (Lipinski definition) is 2. The van der Waals surface area contributed by atoms with E-state index in [0.717, 1.165) is 19.3 Å². The fourth-order valence-electron chi connectivity index (χ4n) is 0.964. The van der Waals surface area contributed by atoms with E-state index in [4.69, 9.17) is 10.5 Å². The van der Waals surface area contributed by atoms with E-state index < -0.39 is 6.09 Å². The second-order valence-corrected chi connectivity index (χ2v) is 2.64. The fraction of sp³-hybridized carbons (Fsp3) is 0.667. The van der Waals surface area contributed by atoms with Crippen LogP contribution in [0, 0.1) is 0 Å². The molecule has 0 rings (SSSR count). The average Bonchev–Trinajstić information content (AvgIpc) is 2.00. The van der Waals surface area contributed by atoms with Crippen molar-refractivity contribution in [2.75, 3.05) is 0 Å². The molecule has 0 aliphatic carbocycles. The van der Waals surface area contributed by atoms with Gasteiger partial charge in [-0.2, -0.15) is 0 Å². The summed E-state index contributed by atoms with van der Waals surface area (Å²) in [6.07, 6.45) is 5.85. The van der Waals surface area contributed by atoms with E-state index in [9.17, 15) is 4.79 Å². The Kier molecular flexibility index (Phi) is 6.15. The summed E-state index contributed by atoms with van der Waals surface area (Å²) in [5.41, 5.74) is 4.90. The first-order valence-corrected chi connectivity index (χ1v) is 4.29. The second kappa shape index (κ2) is 6.70. The van der Waals surface area contributed by atoms with Crippen molar-refractivity contribution in [3.63, 3.8) is 0 Å². The number of carbonyl (C=O) groups excluding carboxylic acids is 1. The smallest absolute Gasteiger partial charge is 0.405 e. The summed E-state index contributed by atoms with van der Waals surface area (Å²) in [6, 6.07) is 0. The van der Waals surface area contributed by atoms with E-state index in [1.54, 1.807) is 0 Å². The van der Waals surface area contributed by atoms with E-state index in [1.807, 2.05) is 19.1 Å². The van der Waals surface area contributed by atoms with Gasteiger partial charge in [-0.05, 0) is 25.8 Å². The van der Waals surface area contributed by atoms with Crippen molar-refractivity contribution in [3.05, 3.63) is 12.2 Å². The molecule has 0 aromatic carbocycles. The fourth-order valence-corrected chi connectivity index (χ4v) is 0.964. The molecule has 0 radical (unpaired) electrons. The molecule has 2 N–H and O–H groups in total. The maximum atomic E-state index is 10.4. The third-order valence-corrected chi connectivity index (χ3v) is 1.52. The van der Waals surface area contributed by atoms with Gasteiger partial charge in [0.2, 0.25) is 0 Å². The number of hydrogen-bond donors (Lipinski definition) is 1. The summed E-state index contributed by atoms with van der Waals surface area (Å²) in [4.78, 5) is 10.4. The van der Waals surface area contributed by atoms with Gasteiger partial charge in [0, 0.05) is 0 Å². The molecule has 0 fully saturated rings. The van der Waals surface area contributed by atoms with Gasteiger partial charge >= 0.3 is 6.09 Å². The zero-order chi connectivity index (χ0) is 9.40. The Hall–Kier alpha value is -0.990. The molecular formula is C9H17NO2. The van der Waals surface area contributed by atoms with Crippen LogP contribution in [-0.4, -0.2) is 12.2 Å². The van der Waals surface area contributed by atoms with Crippen LogP contribution in [-0.2, 0) is 4.74 Å². The van der Waals surface area contributed by atoms with Crippen LogP contribution in [0.2, 0.25) is 0 Å². The number of ether oxygens (including phenoxy) is 1. The van der Waals surface area contributed by atoms with E-state index in [2.05, 4.69) is 6.92 Å². The molecule has 0 saturated carbocycles. The number of nitrogens with two attached hydrogens (primary N) is 1. The Morgan fingerprint density at radius 3 is 2.75 bits per heavy atom. The third-order valence-electron chi connectivity index (χ3n) is 1.52. The average molecular weight is 171 g/mol. The molecule has 70 valence electrons. The molecule has 0 aromatic heterocycles. The minimum absolute atomic E-state index is 0.146. The largest absolute Gasteiger partial charge is 0.442 e. The number of allylic oxidation sites excluding steroid dienone is 1. The molecule has 0 aromatic rings. The third kappa shape index (κ3) is 5.77. The molecule has 0 saturated heterocycles. The highest BCUT2D eigenvalue weighted by Gasteiger charge is 2.06. The molecule has 1 amide bonds. The van der Waals surface area contributed by atoms with Gasteiger partial charge in [-0.1, -0.05) is 19.4 Å². The van der Waals surface area contributed by atoms with Crippen molar-refractivity contribution in [1.82, 2.24) is 0 Å². The zero-order valence-corrected chi connectivity index (χ0v) is 7.75. The highest BCUT2D eigenvalue weighted by molar-refractivity contribution is 5.65. The van der Waals surface area contributed by atoms with Gasteiger partial charge in [-0.25, -0.2) is 4.79 Å². The van der Waals surface area contributed by atoms with Crippen molar-refractivity contribution in [1.29, 1.82) is 0 Å². The highest BCUT2D eigenvalue weighted by atomic mass is 16.6. The highest BCUT2D eigenvalue weighted by Crippen LogP contribution is 2.06. The van der Waals surface area contributed by atoms with E-state index in [1.165, 1.54) is 0 Å². The molecule has 0 bridgehead atoms. The normalized spacial score (nSPS) is 13.2. The maximum absolute atomic E-state index is 10.4. The standard InChI is InChI=1S/C9H17NO2/c1-3-5-7-8(6-4-2)12-9(10)11/h4,6,8H,3,5,7H2,1-2H3,(H2,10,11)/b6-4+. The van der Waals surface area contributed by atoms with Crippen LogP contribution in [0.1, 0.15) is 33.1 Å². The van der Waals surface area contributed by atoms with Crippen molar-refractivity contribution in [2.24, 2.45) is 5.73 Å². The molecule has 1 unspecified atom stereocenters. The quantitative estimate of drug-likeness (QED) is 0.645. The lowest BCUT2D eigenvalue weighted by Crippen LogP contribution is -2.21. The van der Waals surface area contributed by atoms with Crippen LogP contribution < -0.4 is 5.73 Å². The minimum Gasteiger partial charge on any atom is -0.442 e. The molecule has 0 heterocycles. The molecule has 12 heavy (non-hydrogen) atoms. The van der Waals surface area contributed by atoms with E-state index in [0.29, 0.717) is 0 Å². The Morgan fingerprint density at radius 2 is 2.33 bits per heavy atom. The minimum atomic E-state index is -0.700. The molecule has 3 heteroatoms. The predicted molar refractivity (Wildman–Crippen MR) is 48.8 cm³/mol. The molecule has 0 aliphatic rings. The number of rotatable bonds is 5. The first kappa shape index (κ1) is 11.0. The van der Waals surface area contributed by atoms with Crippen LogP contribution in [0.3, 0.4) is 0 Å². The SMILES string of the molecule is C/C=C/C(CCCC)OC(N)=O. The van der Waals surface area contributed by atoms with Gasteiger partial charge in [0.1, 0.15) is 6.10 Å². The summed E-state index contributed by atoms with van der Waals surface area (Å²) in [6.45, 7) is 3.99. The lowest BCUT2D eigenvalue weighted by atomic mass is 10.1. The molecule has 3 nitrogen and oxygen atoms in total. The molecular weight excluding hydrogens is 154 g/mol. The van der Waals surface area contributed by atoms with Gasteiger partial charge in [0.05, 0.1) is 0 Å². The van der Waals surface area contributed by atoms with Crippen molar-refractivity contribution < 1.29 is 9.53 Å². The van der Waals surface area contributed by atoms with Crippen molar-refractivity contribution in [2.45, 2.75) is 39.2 Å². The Labute approximate surface area is 73.6 Å². The summed E-state index contributed by atoms with van der Waals surface area (Å²) >= 11 is 0. The van der Waals surface area contributed by atoms with Crippen LogP contribution in [0.4, 0.5) is 4.79 Å². The maximum Gasteiger partial charge on any atom is 0.405 e. The Bertz CT molecular complexity index is 155. The molecule has 0 aliphatic heterocycles. The lowest BCUT2D eigenvalue weighted by molar-refractivity contribution is 0.124. The Balaban J connectivity index is 3.77. The van der Waals surface area contributed by atoms with Gasteiger partial charge in [-0.15, -0.1) is 0 Å². The molecule has 0 spiro atoms. The van der Waals surface area contributed by atoms with Gasteiger partial charge in [0.15, 0.2) is 0 Å². The molecule has 1 atom stereocenters. The summed E-state index contributed by atoms with van der Waals surface area (Å²) in [5.74, 6) is 0. The van der Waals surface area contributed by atoms with E-state index >= 15 is 0 Å². The van der Waals surface area contributed by atoms with E-state index in [-0.39, 0.29) is 6.10 Å². The predicted octanol–water partition coefficient (Wildman–Crippen LogP) is 2.22. The van der Waals surface area contributed by atoms with Gasteiger partial charge in [0.25, 0.3) is 0 Å². The summed E-state index contributed by atoms with van der Waals surface area (Å²) in [7, 11) is 0. The van der Waals surface area contributed by atoms with Crippen LogP contribution in [0.25, 0.3) is 0 Å². The zero-order valence-electron chi connectivity index (χ0n) is 7.75. The van der Waals surface area contributed by atoms with Crippen LogP contribution in [0.15, 0.2) is 12.2 Å². The first-order chi connectivity index (χ1) is 5.70. The van der Waals surface area contributed by atoms with Gasteiger partial charge < -0.3 is 10.5 Å². The monoisotopic (exact) mass is 171 g/mol. The number of amides is 1. The van der Waals surface area contributed by atoms with Gasteiger partial charge in [-0.3, -0.25) is 0 Å². The van der Waals surface area contributed by atoms with Crippen LogP contribution >= 0.6 is 0 Å². The summed E-state index contributed by atoms with van der Waals surface area (Å²) < 4.78 is 4.84. The summed E-state index contributed by atoms with van der Waals surface area (Å²) in [5, 5.41) is 0. The van der Waals surface area contributed by atoms with Crippen LogP contribution in [0.5, 0.6) is 0 Å². The van der Waals surface area contributed by atoms with Crippen molar-refractivity contribution >= 4 is 6.09 Å². The topological polar surface area (TPSA) is 52.3 Å². The number of unbranched alkanes of at least 4 members (excludes halogenated alkanes) is 1. The lowest BCUT2D eigenvalue weighted by Gasteiger charge is -2.11. The Morgan fingerprint density at radius 1 is 1.67 bits per heavy atom.